The molecule has 0 bridgehead atoms. The Hall–Kier alpha value is -1.43. The van der Waals surface area contributed by atoms with Crippen molar-refractivity contribution in [2.24, 2.45) is 0 Å². The summed E-state index contributed by atoms with van der Waals surface area (Å²) >= 11 is 0. The van der Waals surface area contributed by atoms with Gasteiger partial charge in [-0.05, 0) is 6.92 Å². The molecule has 3 heteroatoms. The van der Waals surface area contributed by atoms with Gasteiger partial charge < -0.3 is 0 Å². The molecule has 0 atom stereocenters. The van der Waals surface area contributed by atoms with Crippen molar-refractivity contribution in [1.82, 2.24) is 4.98 Å². The maximum atomic E-state index is 12.6. The van der Waals surface area contributed by atoms with Crippen LogP contribution in [0.4, 0.5) is 4.39 Å². The van der Waals surface area contributed by atoms with Gasteiger partial charge in [0.25, 0.3) is 0 Å². The molecule has 0 aliphatic carbocycles. The van der Waals surface area contributed by atoms with E-state index in [9.17, 15) is 4.39 Å². The summed E-state index contributed by atoms with van der Waals surface area (Å²) in [5, 5.41) is 8.39. The number of hydrogen-bond donors (Lipinski definition) is 0. The predicted octanol–water partition coefficient (Wildman–Crippen LogP) is 1.40. The first kappa shape index (κ1) is 6.69. The lowest BCUT2D eigenvalue weighted by Gasteiger charge is -1.94. The topological polar surface area (TPSA) is 36.7 Å². The van der Waals surface area contributed by atoms with E-state index < -0.39 is 5.82 Å². The third-order valence-corrected chi connectivity index (χ3v) is 1.27. The van der Waals surface area contributed by atoms with Gasteiger partial charge in [0.2, 0.25) is 0 Å². The molecule has 0 amide bonds. The van der Waals surface area contributed by atoms with Gasteiger partial charge in [-0.25, -0.2) is 4.39 Å². The third-order valence-electron chi connectivity index (χ3n) is 1.27. The van der Waals surface area contributed by atoms with E-state index >= 15 is 0 Å². The SMILES string of the molecule is Cc1c(F)cncc1C#N. The molecule has 0 saturated carbocycles. The van der Waals surface area contributed by atoms with Crippen LogP contribution in [0.25, 0.3) is 0 Å². The molecule has 0 aromatic carbocycles. The first-order chi connectivity index (χ1) is 4.75. The molecule has 0 radical (unpaired) electrons. The third kappa shape index (κ3) is 0.960. The highest BCUT2D eigenvalue weighted by Gasteiger charge is 2.01. The van der Waals surface area contributed by atoms with Crippen LogP contribution in [-0.4, -0.2) is 4.98 Å². The summed E-state index contributed by atoms with van der Waals surface area (Å²) in [4.78, 5) is 3.52. The monoisotopic (exact) mass is 136 g/mol. The highest BCUT2D eigenvalue weighted by Crippen LogP contribution is 2.07. The zero-order valence-electron chi connectivity index (χ0n) is 5.43. The molecule has 0 aliphatic heterocycles. The van der Waals surface area contributed by atoms with Crippen molar-refractivity contribution in [3.63, 3.8) is 0 Å². The van der Waals surface area contributed by atoms with Crippen molar-refractivity contribution in [3.05, 3.63) is 29.3 Å². The van der Waals surface area contributed by atoms with Gasteiger partial charge in [-0.1, -0.05) is 0 Å². The number of hydrogen-bond acceptors (Lipinski definition) is 2. The maximum Gasteiger partial charge on any atom is 0.145 e. The molecule has 10 heavy (non-hydrogen) atoms. The first-order valence-electron chi connectivity index (χ1n) is 2.76. The van der Waals surface area contributed by atoms with Crippen LogP contribution in [0.15, 0.2) is 12.4 Å². The largest absolute Gasteiger partial charge is 0.260 e. The molecule has 0 saturated heterocycles. The minimum atomic E-state index is -0.431. The molecule has 0 unspecified atom stereocenters. The fraction of sp³-hybridized carbons (Fsp3) is 0.143. The van der Waals surface area contributed by atoms with Crippen LogP contribution in [0.3, 0.4) is 0 Å². The lowest BCUT2D eigenvalue weighted by molar-refractivity contribution is 0.611. The van der Waals surface area contributed by atoms with Crippen molar-refractivity contribution in [1.29, 1.82) is 5.26 Å². The molecule has 0 fully saturated rings. The van der Waals surface area contributed by atoms with Gasteiger partial charge in [0.05, 0.1) is 11.8 Å². The van der Waals surface area contributed by atoms with E-state index in [1.54, 1.807) is 6.92 Å². The Balaban J connectivity index is 3.31. The van der Waals surface area contributed by atoms with Crippen LogP contribution in [0.1, 0.15) is 11.1 Å². The minimum Gasteiger partial charge on any atom is -0.260 e. The van der Waals surface area contributed by atoms with E-state index in [2.05, 4.69) is 4.98 Å². The second kappa shape index (κ2) is 2.44. The fourth-order valence-corrected chi connectivity index (χ4v) is 0.612. The van der Waals surface area contributed by atoms with E-state index in [0.717, 1.165) is 6.20 Å². The lowest BCUT2D eigenvalue weighted by atomic mass is 10.2. The smallest absolute Gasteiger partial charge is 0.145 e. The average Bonchev–Trinajstić information content (AvgIpc) is 1.95. The maximum absolute atomic E-state index is 12.6. The van der Waals surface area contributed by atoms with Gasteiger partial charge in [0, 0.05) is 11.8 Å². The summed E-state index contributed by atoms with van der Waals surface area (Å²) < 4.78 is 12.6. The van der Waals surface area contributed by atoms with Gasteiger partial charge in [-0.15, -0.1) is 0 Å². The van der Waals surface area contributed by atoms with E-state index in [1.165, 1.54) is 6.20 Å². The van der Waals surface area contributed by atoms with Gasteiger partial charge in [-0.2, -0.15) is 5.26 Å². The summed E-state index contributed by atoms with van der Waals surface area (Å²) in [7, 11) is 0. The summed E-state index contributed by atoms with van der Waals surface area (Å²) in [6, 6.07) is 1.83. The molecule has 1 aromatic rings. The molecular weight excluding hydrogens is 131 g/mol. The van der Waals surface area contributed by atoms with Gasteiger partial charge in [0.15, 0.2) is 0 Å². The Kier molecular flexibility index (Phi) is 1.63. The Bertz CT molecular complexity index is 288. The number of halogens is 1. The van der Waals surface area contributed by atoms with Gasteiger partial charge in [-0.3, -0.25) is 4.98 Å². The van der Waals surface area contributed by atoms with Gasteiger partial charge in [0.1, 0.15) is 11.9 Å². The molecule has 1 aromatic heterocycles. The number of rotatable bonds is 0. The van der Waals surface area contributed by atoms with E-state index in [1.807, 2.05) is 6.07 Å². The quantitative estimate of drug-likeness (QED) is 0.540. The summed E-state index contributed by atoms with van der Waals surface area (Å²) in [5.41, 5.74) is 0.650. The second-order valence-electron chi connectivity index (χ2n) is 1.91. The molecular formula is C7H5FN2. The summed E-state index contributed by atoms with van der Waals surface area (Å²) in [6.45, 7) is 1.55. The zero-order valence-corrected chi connectivity index (χ0v) is 5.43. The number of aromatic nitrogens is 1. The average molecular weight is 136 g/mol. The Labute approximate surface area is 57.9 Å². The van der Waals surface area contributed by atoms with Crippen LogP contribution in [0, 0.1) is 24.1 Å². The molecule has 50 valence electrons. The molecule has 1 heterocycles. The van der Waals surface area contributed by atoms with Crippen LogP contribution >= 0.6 is 0 Å². The van der Waals surface area contributed by atoms with Crippen molar-refractivity contribution >= 4 is 0 Å². The van der Waals surface area contributed by atoms with Gasteiger partial charge >= 0.3 is 0 Å². The molecule has 2 nitrogen and oxygen atoms in total. The first-order valence-corrected chi connectivity index (χ1v) is 2.76. The van der Waals surface area contributed by atoms with Crippen molar-refractivity contribution < 1.29 is 4.39 Å². The lowest BCUT2D eigenvalue weighted by Crippen LogP contribution is -1.88. The molecule has 0 N–H and O–H groups in total. The van der Waals surface area contributed by atoms with Crippen molar-refractivity contribution in [2.45, 2.75) is 6.92 Å². The summed E-state index contributed by atoms with van der Waals surface area (Å²) in [6.07, 6.45) is 2.44. The number of nitriles is 1. The van der Waals surface area contributed by atoms with Crippen molar-refractivity contribution in [3.8, 4) is 6.07 Å². The van der Waals surface area contributed by atoms with Crippen LogP contribution in [0.2, 0.25) is 0 Å². The molecule has 0 aliphatic rings. The van der Waals surface area contributed by atoms with Crippen molar-refractivity contribution in [2.75, 3.05) is 0 Å². The van der Waals surface area contributed by atoms with E-state index in [4.69, 9.17) is 5.26 Å². The standard InChI is InChI=1S/C7H5FN2/c1-5-6(2-9)3-10-4-7(5)8/h3-4H,1H3. The van der Waals surface area contributed by atoms with E-state index in [0.29, 0.717) is 11.1 Å². The highest BCUT2D eigenvalue weighted by molar-refractivity contribution is 5.34. The predicted molar refractivity (Wildman–Crippen MR) is 33.6 cm³/mol. The zero-order chi connectivity index (χ0) is 7.56. The van der Waals surface area contributed by atoms with Crippen LogP contribution in [0.5, 0.6) is 0 Å². The highest BCUT2D eigenvalue weighted by atomic mass is 19.1. The number of pyridine rings is 1. The molecule has 1 rings (SSSR count). The number of nitrogens with zero attached hydrogens (tertiary/aromatic N) is 2. The van der Waals surface area contributed by atoms with Crippen LogP contribution < -0.4 is 0 Å². The summed E-state index contributed by atoms with van der Waals surface area (Å²) in [5.74, 6) is -0.431. The second-order valence-corrected chi connectivity index (χ2v) is 1.91. The Morgan fingerprint density at radius 3 is 2.80 bits per heavy atom. The normalized spacial score (nSPS) is 8.90. The van der Waals surface area contributed by atoms with E-state index in [-0.39, 0.29) is 0 Å². The Morgan fingerprint density at radius 1 is 1.60 bits per heavy atom. The van der Waals surface area contributed by atoms with Crippen LogP contribution in [-0.2, 0) is 0 Å². The molecule has 0 spiro atoms. The fourth-order valence-electron chi connectivity index (χ4n) is 0.612. The minimum absolute atomic E-state index is 0.292. The Morgan fingerprint density at radius 2 is 2.30 bits per heavy atom.